The summed E-state index contributed by atoms with van der Waals surface area (Å²) in [7, 11) is 0. The van der Waals surface area contributed by atoms with Crippen molar-refractivity contribution in [2.24, 2.45) is 0 Å². The van der Waals surface area contributed by atoms with Crippen molar-refractivity contribution in [3.63, 3.8) is 0 Å². The Morgan fingerprint density at radius 1 is 0.412 bits per heavy atom. The van der Waals surface area contributed by atoms with Crippen molar-refractivity contribution in [1.82, 2.24) is 15.0 Å². The van der Waals surface area contributed by atoms with Crippen molar-refractivity contribution in [3.8, 4) is 56.8 Å². The highest BCUT2D eigenvalue weighted by molar-refractivity contribution is 6.13. The molecule has 7 aromatic carbocycles. The van der Waals surface area contributed by atoms with Gasteiger partial charge in [-0.1, -0.05) is 133 Å². The van der Waals surface area contributed by atoms with E-state index >= 15 is 0 Å². The molecule has 238 valence electrons. The monoisotopic (exact) mass is 653 g/mol. The Hall–Kier alpha value is -6.85. The lowest BCUT2D eigenvalue weighted by molar-refractivity contribution is 0.436. The largest absolute Gasteiger partial charge is 0.457 e. The quantitative estimate of drug-likeness (QED) is 0.190. The molecule has 0 unspecified atom stereocenters. The molecule has 0 atom stereocenters. The van der Waals surface area contributed by atoms with Crippen LogP contribution in [0.5, 0.6) is 11.5 Å². The van der Waals surface area contributed by atoms with Crippen molar-refractivity contribution in [2.75, 3.05) is 0 Å². The van der Waals surface area contributed by atoms with Crippen molar-refractivity contribution >= 4 is 21.9 Å². The summed E-state index contributed by atoms with van der Waals surface area (Å²) >= 11 is 0. The molecule has 1 spiro atoms. The molecule has 5 nitrogen and oxygen atoms in total. The van der Waals surface area contributed by atoms with Crippen molar-refractivity contribution in [3.05, 3.63) is 186 Å². The lowest BCUT2D eigenvalue weighted by Crippen LogP contribution is -2.32. The fourth-order valence-electron chi connectivity index (χ4n) is 8.24. The predicted octanol–water partition coefficient (Wildman–Crippen LogP) is 11.2. The zero-order chi connectivity index (χ0) is 33.5. The summed E-state index contributed by atoms with van der Waals surface area (Å²) in [6.07, 6.45) is 0. The molecule has 5 heteroatoms. The van der Waals surface area contributed by atoms with E-state index in [1.807, 2.05) is 84.9 Å². The van der Waals surface area contributed by atoms with E-state index in [-0.39, 0.29) is 0 Å². The van der Waals surface area contributed by atoms with Crippen LogP contribution in [0.2, 0.25) is 0 Å². The molecule has 0 fully saturated rings. The molecule has 11 rings (SSSR count). The minimum atomic E-state index is -0.553. The molecule has 0 saturated heterocycles. The number of hydrogen-bond donors (Lipinski definition) is 0. The third-order valence-electron chi connectivity index (χ3n) is 10.4. The van der Waals surface area contributed by atoms with Gasteiger partial charge < -0.3 is 9.15 Å². The molecule has 0 amide bonds. The van der Waals surface area contributed by atoms with E-state index in [4.69, 9.17) is 24.1 Å². The number of hydrogen-bond acceptors (Lipinski definition) is 5. The molecule has 2 aromatic heterocycles. The molecule has 1 aliphatic heterocycles. The lowest BCUT2D eigenvalue weighted by Gasteiger charge is -2.39. The molecule has 0 radical (unpaired) electrons. The van der Waals surface area contributed by atoms with Crippen LogP contribution in [0.4, 0.5) is 0 Å². The zero-order valence-corrected chi connectivity index (χ0v) is 27.2. The summed E-state index contributed by atoms with van der Waals surface area (Å²) in [5, 5.41) is 2.06. The Bertz CT molecular complexity index is 2740. The predicted molar refractivity (Wildman–Crippen MR) is 201 cm³/mol. The van der Waals surface area contributed by atoms with Crippen LogP contribution in [0.3, 0.4) is 0 Å². The second-order valence-corrected chi connectivity index (χ2v) is 13.1. The van der Waals surface area contributed by atoms with Gasteiger partial charge in [-0.25, -0.2) is 15.0 Å². The standard InChI is InChI=1S/C46H27N3O2/c1-3-13-28(14-4-1)43-47-44(29-15-5-2-6-16-29)49-45(48-43)30-23-26-38-33(27-30)31-24-25-37-41(42(31)51-38)32-17-7-8-18-34(32)46(37)35-19-9-11-21-39(35)50-40-22-12-10-20-36(40)46/h1-27H. The van der Waals surface area contributed by atoms with E-state index in [1.54, 1.807) is 0 Å². The first kappa shape index (κ1) is 28.0. The van der Waals surface area contributed by atoms with Gasteiger partial charge in [-0.15, -0.1) is 0 Å². The number of nitrogens with zero attached hydrogens (tertiary/aromatic N) is 3. The SMILES string of the molecule is c1ccc(-c2nc(-c3ccccc3)nc(-c3ccc4oc5c6c(ccc5c4c3)C3(c4ccccc4Oc4ccccc43)c3ccccc3-6)n2)cc1. The average Bonchev–Trinajstić information content (AvgIpc) is 3.72. The molecule has 0 bridgehead atoms. The summed E-state index contributed by atoms with van der Waals surface area (Å²) < 4.78 is 13.4. The third kappa shape index (κ3) is 3.94. The van der Waals surface area contributed by atoms with Gasteiger partial charge in [-0.05, 0) is 47.0 Å². The van der Waals surface area contributed by atoms with E-state index in [0.29, 0.717) is 17.5 Å². The second kappa shape index (κ2) is 10.6. The van der Waals surface area contributed by atoms with E-state index in [0.717, 1.165) is 66.8 Å². The van der Waals surface area contributed by atoms with Crippen LogP contribution in [0, 0.1) is 0 Å². The maximum atomic E-state index is 6.85. The smallest absolute Gasteiger partial charge is 0.164 e. The number of benzene rings is 7. The maximum absolute atomic E-state index is 6.85. The number of ether oxygens (including phenoxy) is 1. The Morgan fingerprint density at radius 2 is 0.961 bits per heavy atom. The second-order valence-electron chi connectivity index (χ2n) is 13.1. The van der Waals surface area contributed by atoms with Crippen LogP contribution >= 0.6 is 0 Å². The fraction of sp³-hybridized carbons (Fsp3) is 0.0217. The van der Waals surface area contributed by atoms with E-state index in [1.165, 1.54) is 16.7 Å². The maximum Gasteiger partial charge on any atom is 0.164 e. The van der Waals surface area contributed by atoms with Crippen molar-refractivity contribution < 1.29 is 9.15 Å². The van der Waals surface area contributed by atoms with Crippen LogP contribution in [0.15, 0.2) is 168 Å². The Balaban J connectivity index is 1.15. The molecular formula is C46H27N3O2. The number of fused-ring (bicyclic) bond motifs is 13. The first-order chi connectivity index (χ1) is 25.3. The summed E-state index contributed by atoms with van der Waals surface area (Å²) in [5.74, 6) is 3.62. The Labute approximate surface area is 293 Å². The van der Waals surface area contributed by atoms with Gasteiger partial charge in [0.1, 0.15) is 22.7 Å². The first-order valence-electron chi connectivity index (χ1n) is 17.1. The van der Waals surface area contributed by atoms with Crippen LogP contribution in [-0.2, 0) is 5.41 Å². The average molecular weight is 654 g/mol. The third-order valence-corrected chi connectivity index (χ3v) is 10.4. The summed E-state index contributed by atoms with van der Waals surface area (Å²) in [6, 6.07) is 56.5. The van der Waals surface area contributed by atoms with Gasteiger partial charge in [0.25, 0.3) is 0 Å². The minimum absolute atomic E-state index is 0.553. The molecule has 0 saturated carbocycles. The summed E-state index contributed by atoms with van der Waals surface area (Å²) in [6.45, 7) is 0. The summed E-state index contributed by atoms with van der Waals surface area (Å²) in [4.78, 5) is 14.9. The zero-order valence-electron chi connectivity index (χ0n) is 27.2. The van der Waals surface area contributed by atoms with Gasteiger partial charge >= 0.3 is 0 Å². The van der Waals surface area contributed by atoms with E-state index < -0.39 is 5.41 Å². The molecule has 1 aliphatic carbocycles. The molecular weight excluding hydrogens is 627 g/mol. The van der Waals surface area contributed by atoms with Gasteiger partial charge in [0, 0.05) is 44.2 Å². The van der Waals surface area contributed by atoms with Gasteiger partial charge in [-0.2, -0.15) is 0 Å². The van der Waals surface area contributed by atoms with Crippen LogP contribution in [0.1, 0.15) is 22.3 Å². The van der Waals surface area contributed by atoms with Gasteiger partial charge in [0.2, 0.25) is 0 Å². The highest BCUT2D eigenvalue weighted by Gasteiger charge is 2.51. The van der Waals surface area contributed by atoms with Gasteiger partial charge in [-0.3, -0.25) is 0 Å². The van der Waals surface area contributed by atoms with Crippen LogP contribution < -0.4 is 4.74 Å². The van der Waals surface area contributed by atoms with Crippen molar-refractivity contribution in [2.45, 2.75) is 5.41 Å². The molecule has 0 N–H and O–H groups in total. The van der Waals surface area contributed by atoms with Crippen LogP contribution in [-0.4, -0.2) is 15.0 Å². The minimum Gasteiger partial charge on any atom is -0.457 e. The van der Waals surface area contributed by atoms with Crippen molar-refractivity contribution in [1.29, 1.82) is 0 Å². The molecule has 9 aromatic rings. The Kier molecular flexibility index (Phi) is 5.81. The van der Waals surface area contributed by atoms with Gasteiger partial charge in [0.05, 0.1) is 5.41 Å². The normalized spacial score (nSPS) is 13.4. The molecule has 2 aliphatic rings. The highest BCUT2D eigenvalue weighted by Crippen LogP contribution is 2.63. The molecule has 51 heavy (non-hydrogen) atoms. The topological polar surface area (TPSA) is 61.0 Å². The Morgan fingerprint density at radius 3 is 1.61 bits per heavy atom. The van der Waals surface area contributed by atoms with E-state index in [2.05, 4.69) is 78.9 Å². The number of aromatic nitrogens is 3. The fourth-order valence-corrected chi connectivity index (χ4v) is 8.24. The number of para-hydroxylation sites is 2. The first-order valence-corrected chi connectivity index (χ1v) is 17.1. The highest BCUT2D eigenvalue weighted by atomic mass is 16.5. The molecule has 3 heterocycles. The lowest BCUT2D eigenvalue weighted by atomic mass is 9.66. The van der Waals surface area contributed by atoms with Gasteiger partial charge in [0.15, 0.2) is 17.5 Å². The summed E-state index contributed by atoms with van der Waals surface area (Å²) in [5.41, 5.74) is 10.9. The number of rotatable bonds is 3. The van der Waals surface area contributed by atoms with Crippen LogP contribution in [0.25, 0.3) is 67.2 Å². The van der Waals surface area contributed by atoms with E-state index in [9.17, 15) is 0 Å². The number of furan rings is 1.